The summed E-state index contributed by atoms with van der Waals surface area (Å²) in [5, 5.41) is 8.04. The first-order valence-corrected chi connectivity index (χ1v) is 8.76. The molecule has 0 spiro atoms. The topological polar surface area (TPSA) is 68.0 Å². The fourth-order valence-corrected chi connectivity index (χ4v) is 3.20. The summed E-state index contributed by atoms with van der Waals surface area (Å²) >= 11 is 6.07. The number of aromatic amines is 1. The molecule has 0 fully saturated rings. The Kier molecular flexibility index (Phi) is 4.12. The van der Waals surface area contributed by atoms with E-state index in [1.54, 1.807) is 12.3 Å². The van der Waals surface area contributed by atoms with Crippen molar-refractivity contribution in [3.05, 3.63) is 75.4 Å². The summed E-state index contributed by atoms with van der Waals surface area (Å²) in [6.45, 7) is 4.73. The molecule has 0 aliphatic carbocycles. The number of hydrogen-bond donors (Lipinski definition) is 1. The van der Waals surface area contributed by atoms with Crippen LogP contribution in [0.25, 0.3) is 16.9 Å². The number of hydrogen-bond acceptors (Lipinski definition) is 3. The van der Waals surface area contributed by atoms with Gasteiger partial charge in [0, 0.05) is 47.1 Å². The molecule has 3 aromatic heterocycles. The van der Waals surface area contributed by atoms with E-state index in [1.807, 2.05) is 54.9 Å². The maximum Gasteiger partial charge on any atom is 0.272 e. The minimum Gasteiger partial charge on any atom is -0.289 e. The zero-order valence-electron chi connectivity index (χ0n) is 14.5. The summed E-state index contributed by atoms with van der Waals surface area (Å²) in [5.74, 6) is 0.0656. The Morgan fingerprint density at radius 3 is 2.81 bits per heavy atom. The lowest BCUT2D eigenvalue weighted by Crippen LogP contribution is -2.18. The first-order valence-electron chi connectivity index (χ1n) is 8.38. The standard InChI is InChI=1S/C19H18ClN5O/c1-12(11-24-13(2)6-7-21-24)16-10-19(26)25-18(22-16)9-17(23-25)14-4-3-5-15(20)8-14/h3-10,12,23H,11H2,1-2H3/t12-/m1/s1. The third-order valence-corrected chi connectivity index (χ3v) is 4.72. The molecule has 0 aliphatic heterocycles. The van der Waals surface area contributed by atoms with E-state index in [9.17, 15) is 4.79 Å². The average molecular weight is 368 g/mol. The number of rotatable bonds is 4. The van der Waals surface area contributed by atoms with Crippen LogP contribution in [-0.4, -0.2) is 24.4 Å². The van der Waals surface area contributed by atoms with Gasteiger partial charge < -0.3 is 0 Å². The summed E-state index contributed by atoms with van der Waals surface area (Å²) in [5.41, 5.74) is 3.99. The highest BCUT2D eigenvalue weighted by Crippen LogP contribution is 2.23. The van der Waals surface area contributed by atoms with E-state index in [0.717, 1.165) is 22.6 Å². The van der Waals surface area contributed by atoms with Gasteiger partial charge in [-0.3, -0.25) is 14.6 Å². The van der Waals surface area contributed by atoms with E-state index in [1.165, 1.54) is 4.52 Å². The van der Waals surface area contributed by atoms with E-state index in [0.29, 0.717) is 17.2 Å². The van der Waals surface area contributed by atoms with Crippen LogP contribution in [0.3, 0.4) is 0 Å². The van der Waals surface area contributed by atoms with Crippen molar-refractivity contribution in [2.45, 2.75) is 26.3 Å². The quantitative estimate of drug-likeness (QED) is 0.598. The van der Waals surface area contributed by atoms with E-state index in [4.69, 9.17) is 11.6 Å². The Balaban J connectivity index is 1.72. The number of halogens is 1. The Labute approximate surface area is 155 Å². The zero-order chi connectivity index (χ0) is 18.3. The van der Waals surface area contributed by atoms with E-state index in [2.05, 4.69) is 15.2 Å². The molecule has 0 amide bonds. The van der Waals surface area contributed by atoms with Gasteiger partial charge in [-0.1, -0.05) is 30.7 Å². The molecular weight excluding hydrogens is 350 g/mol. The van der Waals surface area contributed by atoms with Crippen LogP contribution >= 0.6 is 11.6 Å². The van der Waals surface area contributed by atoms with Gasteiger partial charge >= 0.3 is 0 Å². The third-order valence-electron chi connectivity index (χ3n) is 4.49. The van der Waals surface area contributed by atoms with E-state index < -0.39 is 0 Å². The highest BCUT2D eigenvalue weighted by Gasteiger charge is 2.14. The predicted octanol–water partition coefficient (Wildman–Crippen LogP) is 3.65. The van der Waals surface area contributed by atoms with Crippen molar-refractivity contribution in [2.75, 3.05) is 0 Å². The van der Waals surface area contributed by atoms with Crippen molar-refractivity contribution >= 4 is 17.2 Å². The number of H-pyrrole nitrogens is 1. The molecule has 0 aliphatic rings. The van der Waals surface area contributed by atoms with Crippen LogP contribution in [0, 0.1) is 6.92 Å². The summed E-state index contributed by atoms with van der Waals surface area (Å²) in [7, 11) is 0. The van der Waals surface area contributed by atoms with Crippen LogP contribution in [0.15, 0.2) is 53.5 Å². The number of nitrogens with one attached hydrogen (secondary N) is 1. The Hall–Kier alpha value is -2.86. The van der Waals surface area contributed by atoms with Gasteiger partial charge in [-0.2, -0.15) is 5.10 Å². The molecular formula is C19H18ClN5O. The maximum absolute atomic E-state index is 12.5. The molecule has 0 saturated carbocycles. The molecule has 1 aromatic carbocycles. The van der Waals surface area contributed by atoms with Gasteiger partial charge in [0.25, 0.3) is 5.56 Å². The first kappa shape index (κ1) is 16.6. The van der Waals surface area contributed by atoms with Gasteiger partial charge in [-0.15, -0.1) is 0 Å². The molecule has 7 heteroatoms. The molecule has 1 N–H and O–H groups in total. The van der Waals surface area contributed by atoms with Crippen LogP contribution < -0.4 is 5.56 Å². The molecule has 6 nitrogen and oxygen atoms in total. The Morgan fingerprint density at radius 2 is 2.08 bits per heavy atom. The van der Waals surface area contributed by atoms with Gasteiger partial charge in [0.2, 0.25) is 0 Å². The monoisotopic (exact) mass is 367 g/mol. The van der Waals surface area contributed by atoms with Crippen molar-refractivity contribution in [1.82, 2.24) is 24.4 Å². The smallest absolute Gasteiger partial charge is 0.272 e. The van der Waals surface area contributed by atoms with Crippen LogP contribution in [0.5, 0.6) is 0 Å². The number of benzene rings is 1. The van der Waals surface area contributed by atoms with Crippen LogP contribution in [0.1, 0.15) is 24.2 Å². The average Bonchev–Trinajstić information content (AvgIpc) is 3.22. The van der Waals surface area contributed by atoms with Gasteiger partial charge in [0.15, 0.2) is 5.65 Å². The fourth-order valence-electron chi connectivity index (χ4n) is 3.01. The predicted molar refractivity (Wildman–Crippen MR) is 102 cm³/mol. The second-order valence-corrected chi connectivity index (χ2v) is 6.89. The molecule has 4 rings (SSSR count). The maximum atomic E-state index is 12.5. The summed E-state index contributed by atoms with van der Waals surface area (Å²) < 4.78 is 3.37. The SMILES string of the molecule is Cc1ccnn1C[C@@H](C)c1cc(=O)n2[nH]c(-c3cccc(Cl)c3)cc2n1. The van der Waals surface area contributed by atoms with Crippen LogP contribution in [0.2, 0.25) is 5.02 Å². The number of nitrogens with zero attached hydrogens (tertiary/aromatic N) is 4. The molecule has 132 valence electrons. The second-order valence-electron chi connectivity index (χ2n) is 6.45. The highest BCUT2D eigenvalue weighted by molar-refractivity contribution is 6.30. The van der Waals surface area contributed by atoms with Gasteiger partial charge in [0.05, 0.1) is 11.4 Å². The first-order chi connectivity index (χ1) is 12.5. The molecule has 0 bridgehead atoms. The van der Waals surface area contributed by atoms with E-state index >= 15 is 0 Å². The van der Waals surface area contributed by atoms with Gasteiger partial charge in [-0.05, 0) is 25.1 Å². The van der Waals surface area contributed by atoms with Gasteiger partial charge in [-0.25, -0.2) is 9.50 Å². The molecule has 3 heterocycles. The number of fused-ring (bicyclic) bond motifs is 1. The van der Waals surface area contributed by atoms with Crippen molar-refractivity contribution in [2.24, 2.45) is 0 Å². The minimum absolute atomic E-state index is 0.0656. The molecule has 0 saturated heterocycles. The van der Waals surface area contributed by atoms with Gasteiger partial charge in [0.1, 0.15) is 0 Å². The number of aromatic nitrogens is 5. The third kappa shape index (κ3) is 3.04. The molecule has 0 unspecified atom stereocenters. The molecule has 0 radical (unpaired) electrons. The van der Waals surface area contributed by atoms with Crippen molar-refractivity contribution in [1.29, 1.82) is 0 Å². The fraction of sp³-hybridized carbons (Fsp3) is 0.211. The van der Waals surface area contributed by atoms with Crippen molar-refractivity contribution < 1.29 is 0 Å². The Morgan fingerprint density at radius 1 is 1.23 bits per heavy atom. The van der Waals surface area contributed by atoms with Crippen LogP contribution in [0.4, 0.5) is 0 Å². The van der Waals surface area contributed by atoms with Crippen molar-refractivity contribution in [3.63, 3.8) is 0 Å². The minimum atomic E-state index is -0.137. The summed E-state index contributed by atoms with van der Waals surface area (Å²) in [6.07, 6.45) is 1.77. The molecule has 26 heavy (non-hydrogen) atoms. The summed E-state index contributed by atoms with van der Waals surface area (Å²) in [4.78, 5) is 17.2. The summed E-state index contributed by atoms with van der Waals surface area (Å²) in [6, 6.07) is 12.9. The van der Waals surface area contributed by atoms with E-state index in [-0.39, 0.29) is 11.5 Å². The second kappa shape index (κ2) is 6.46. The lowest BCUT2D eigenvalue weighted by Gasteiger charge is -2.12. The lowest BCUT2D eigenvalue weighted by atomic mass is 10.1. The molecule has 4 aromatic rings. The lowest BCUT2D eigenvalue weighted by molar-refractivity contribution is 0.523. The van der Waals surface area contributed by atoms with Crippen molar-refractivity contribution in [3.8, 4) is 11.3 Å². The number of aryl methyl sites for hydroxylation is 1. The molecule has 1 atom stereocenters. The normalized spacial score (nSPS) is 12.6. The zero-order valence-corrected chi connectivity index (χ0v) is 15.2. The Bertz CT molecular complexity index is 1140. The highest BCUT2D eigenvalue weighted by atomic mass is 35.5. The largest absolute Gasteiger partial charge is 0.289 e. The van der Waals surface area contributed by atoms with Crippen LogP contribution in [-0.2, 0) is 6.54 Å².